The monoisotopic (exact) mass is 487 g/mol. The van der Waals surface area contributed by atoms with Crippen molar-refractivity contribution in [2.24, 2.45) is 0 Å². The lowest BCUT2D eigenvalue weighted by Crippen LogP contribution is -2.48. The number of benzene rings is 3. The Hall–Kier alpha value is -3.10. The van der Waals surface area contributed by atoms with Crippen molar-refractivity contribution in [3.05, 3.63) is 88.7 Å². The third-order valence-corrected chi connectivity index (χ3v) is 7.25. The van der Waals surface area contributed by atoms with Crippen LogP contribution in [0.5, 0.6) is 0 Å². The highest BCUT2D eigenvalue weighted by Crippen LogP contribution is 2.26. The van der Waals surface area contributed by atoms with Crippen LogP contribution in [0.25, 0.3) is 0 Å². The first kappa shape index (κ1) is 23.1. The van der Waals surface area contributed by atoms with Crippen molar-refractivity contribution >= 4 is 38.9 Å². The van der Waals surface area contributed by atoms with Gasteiger partial charge in [-0.1, -0.05) is 29.3 Å². The number of sulfonamides is 1. The van der Waals surface area contributed by atoms with Crippen molar-refractivity contribution in [2.45, 2.75) is 11.8 Å². The summed E-state index contributed by atoms with van der Waals surface area (Å²) in [5.41, 5.74) is 2.45. The summed E-state index contributed by atoms with van der Waals surface area (Å²) in [5.74, 6) is -0.501. The number of hydrogen-bond donors (Lipinski definition) is 1. The fourth-order valence-electron chi connectivity index (χ4n) is 3.67. The van der Waals surface area contributed by atoms with Crippen LogP contribution in [0.3, 0.4) is 0 Å². The Kier molecular flexibility index (Phi) is 6.58. The molecule has 0 spiro atoms. The van der Waals surface area contributed by atoms with Crippen molar-refractivity contribution < 1.29 is 17.6 Å². The largest absolute Gasteiger partial charge is 0.368 e. The van der Waals surface area contributed by atoms with Gasteiger partial charge in [0.05, 0.1) is 21.2 Å². The Morgan fingerprint density at radius 1 is 0.939 bits per heavy atom. The number of piperazine rings is 1. The number of nitrogens with one attached hydrogen (secondary N) is 1. The van der Waals surface area contributed by atoms with Crippen molar-refractivity contribution in [3.63, 3.8) is 0 Å². The Balaban J connectivity index is 1.42. The first-order chi connectivity index (χ1) is 15.7. The molecule has 1 fully saturated rings. The molecule has 1 aliphatic rings. The van der Waals surface area contributed by atoms with Crippen LogP contribution in [0.1, 0.15) is 15.9 Å². The summed E-state index contributed by atoms with van der Waals surface area (Å²) < 4.78 is 40.8. The highest BCUT2D eigenvalue weighted by Gasteiger charge is 2.24. The molecule has 4 rings (SSSR count). The molecular weight excluding hydrogens is 465 g/mol. The molecule has 33 heavy (non-hydrogen) atoms. The average molecular weight is 488 g/mol. The van der Waals surface area contributed by atoms with Crippen molar-refractivity contribution in [1.29, 1.82) is 0 Å². The van der Waals surface area contributed by atoms with Crippen LogP contribution in [-0.2, 0) is 10.0 Å². The maximum atomic E-state index is 13.1. The quantitative estimate of drug-likeness (QED) is 0.573. The lowest BCUT2D eigenvalue weighted by molar-refractivity contribution is 0.0747. The zero-order valence-corrected chi connectivity index (χ0v) is 19.5. The molecule has 1 heterocycles. The van der Waals surface area contributed by atoms with Crippen LogP contribution in [0.15, 0.2) is 71.6 Å². The first-order valence-corrected chi connectivity index (χ1v) is 12.3. The van der Waals surface area contributed by atoms with E-state index in [1.165, 1.54) is 42.5 Å². The van der Waals surface area contributed by atoms with Gasteiger partial charge in [-0.05, 0) is 61.5 Å². The summed E-state index contributed by atoms with van der Waals surface area (Å²) in [7, 11) is -3.77. The average Bonchev–Trinajstić information content (AvgIpc) is 2.79. The van der Waals surface area contributed by atoms with Crippen molar-refractivity contribution in [3.8, 4) is 0 Å². The molecule has 1 saturated heterocycles. The van der Waals surface area contributed by atoms with Gasteiger partial charge in [0.25, 0.3) is 15.9 Å². The number of amides is 1. The number of halogens is 2. The molecule has 0 saturated carbocycles. The molecule has 9 heteroatoms. The van der Waals surface area contributed by atoms with Crippen LogP contribution in [0.4, 0.5) is 15.8 Å². The third kappa shape index (κ3) is 5.29. The maximum absolute atomic E-state index is 13.1. The molecule has 1 aliphatic heterocycles. The van der Waals surface area contributed by atoms with Gasteiger partial charge in [-0.15, -0.1) is 0 Å². The van der Waals surface area contributed by atoms with Gasteiger partial charge in [-0.3, -0.25) is 9.52 Å². The maximum Gasteiger partial charge on any atom is 0.261 e. The lowest BCUT2D eigenvalue weighted by Gasteiger charge is -2.36. The molecule has 1 N–H and O–H groups in total. The predicted octanol–water partition coefficient (Wildman–Crippen LogP) is 4.55. The summed E-state index contributed by atoms with van der Waals surface area (Å²) in [6.45, 7) is 4.09. The second-order valence-corrected chi connectivity index (χ2v) is 9.96. The number of nitrogens with zero attached hydrogens (tertiary/aromatic N) is 2. The normalized spacial score (nSPS) is 14.3. The van der Waals surface area contributed by atoms with E-state index in [1.807, 2.05) is 6.92 Å². The topological polar surface area (TPSA) is 69.7 Å². The van der Waals surface area contributed by atoms with Gasteiger partial charge in [0.15, 0.2) is 0 Å². The van der Waals surface area contributed by atoms with E-state index in [0.717, 1.165) is 11.3 Å². The minimum absolute atomic E-state index is 0.142. The molecule has 1 amide bonds. The minimum atomic E-state index is -3.77. The van der Waals surface area contributed by atoms with Gasteiger partial charge in [-0.2, -0.15) is 0 Å². The van der Waals surface area contributed by atoms with Crippen LogP contribution in [-0.4, -0.2) is 45.4 Å². The summed E-state index contributed by atoms with van der Waals surface area (Å²) in [5, 5.41) is 0.171. The zero-order valence-electron chi connectivity index (χ0n) is 18.0. The number of aryl methyl sites for hydroxylation is 1. The Morgan fingerprint density at radius 3 is 2.18 bits per heavy atom. The first-order valence-electron chi connectivity index (χ1n) is 10.4. The summed E-state index contributed by atoms with van der Waals surface area (Å²) >= 11 is 6.35. The van der Waals surface area contributed by atoms with E-state index in [1.54, 1.807) is 29.2 Å². The van der Waals surface area contributed by atoms with Gasteiger partial charge in [-0.25, -0.2) is 12.8 Å². The highest BCUT2D eigenvalue weighted by atomic mass is 35.5. The van der Waals surface area contributed by atoms with Crippen molar-refractivity contribution in [1.82, 2.24) is 4.90 Å². The summed E-state index contributed by atoms with van der Waals surface area (Å²) in [6.07, 6.45) is 0. The molecule has 0 radical (unpaired) electrons. The van der Waals surface area contributed by atoms with E-state index in [4.69, 9.17) is 11.6 Å². The Morgan fingerprint density at radius 2 is 1.58 bits per heavy atom. The van der Waals surface area contributed by atoms with Crippen LogP contribution < -0.4 is 9.62 Å². The predicted molar refractivity (Wildman–Crippen MR) is 128 cm³/mol. The molecule has 0 aliphatic carbocycles. The highest BCUT2D eigenvalue weighted by molar-refractivity contribution is 7.92. The molecule has 0 atom stereocenters. The second-order valence-electron chi connectivity index (χ2n) is 7.87. The van der Waals surface area contributed by atoms with E-state index >= 15 is 0 Å². The fraction of sp³-hybridized carbons (Fsp3) is 0.208. The second kappa shape index (κ2) is 9.41. The minimum Gasteiger partial charge on any atom is -0.368 e. The molecule has 0 aromatic heterocycles. The van der Waals surface area contributed by atoms with Crippen LogP contribution >= 0.6 is 11.6 Å². The van der Waals surface area contributed by atoms with E-state index in [2.05, 4.69) is 9.62 Å². The Bertz CT molecular complexity index is 1260. The molecule has 3 aromatic rings. The van der Waals surface area contributed by atoms with Crippen molar-refractivity contribution in [2.75, 3.05) is 35.8 Å². The molecule has 3 aromatic carbocycles. The summed E-state index contributed by atoms with van der Waals surface area (Å²) in [6, 6.07) is 17.3. The number of hydrogen-bond acceptors (Lipinski definition) is 4. The zero-order chi connectivity index (χ0) is 23.6. The number of rotatable bonds is 5. The standard InChI is InChI=1S/C24H23ClFN3O3S/c1-17-2-9-21(10-3-17)33(31,32)27-19-6-11-22(23(25)16-19)24(30)29-14-12-28(13-15-29)20-7-4-18(26)5-8-20/h2-11,16,27H,12-15H2,1H3. The van der Waals surface area contributed by atoms with Gasteiger partial charge in [0.2, 0.25) is 0 Å². The van der Waals surface area contributed by atoms with Crippen LogP contribution in [0, 0.1) is 12.7 Å². The van der Waals surface area contributed by atoms with Crippen LogP contribution in [0.2, 0.25) is 5.02 Å². The number of carbonyl (C=O) groups is 1. The SMILES string of the molecule is Cc1ccc(S(=O)(=O)Nc2ccc(C(=O)N3CCN(c4ccc(F)cc4)CC3)c(Cl)c2)cc1. The summed E-state index contributed by atoms with van der Waals surface area (Å²) in [4.78, 5) is 16.9. The van der Waals surface area contributed by atoms with E-state index in [0.29, 0.717) is 31.7 Å². The molecule has 6 nitrogen and oxygen atoms in total. The smallest absolute Gasteiger partial charge is 0.261 e. The van der Waals surface area contributed by atoms with Gasteiger partial charge < -0.3 is 9.80 Å². The van der Waals surface area contributed by atoms with E-state index < -0.39 is 10.0 Å². The van der Waals surface area contributed by atoms with E-state index in [9.17, 15) is 17.6 Å². The molecular formula is C24H23ClFN3O3S. The number of anilines is 2. The van der Waals surface area contributed by atoms with Gasteiger partial charge in [0.1, 0.15) is 5.82 Å². The fourth-order valence-corrected chi connectivity index (χ4v) is 4.98. The third-order valence-electron chi connectivity index (χ3n) is 5.54. The lowest BCUT2D eigenvalue weighted by atomic mass is 10.1. The van der Waals surface area contributed by atoms with E-state index in [-0.39, 0.29) is 27.3 Å². The Labute approximate surface area is 197 Å². The van der Waals surface area contributed by atoms with Gasteiger partial charge in [0, 0.05) is 31.9 Å². The molecule has 172 valence electrons. The molecule has 0 unspecified atom stereocenters. The van der Waals surface area contributed by atoms with Gasteiger partial charge >= 0.3 is 0 Å². The number of carbonyl (C=O) groups excluding carboxylic acids is 1. The molecule has 0 bridgehead atoms.